The van der Waals surface area contributed by atoms with E-state index in [1.54, 1.807) is 12.3 Å². The van der Waals surface area contributed by atoms with Crippen LogP contribution < -0.4 is 10.6 Å². The lowest BCUT2D eigenvalue weighted by molar-refractivity contribution is 0.0933. The standard InChI is InChI=1S/C18H29N3O/c1-2-3-8-12-19-17-14-15(11-13-20-17)18(22)21-16-9-6-4-5-7-10-16/h11,13-14,16H,2-10,12H2,1H3,(H,19,20)(H,21,22). The lowest BCUT2D eigenvalue weighted by Gasteiger charge is -2.16. The quantitative estimate of drug-likeness (QED) is 0.588. The second-order valence-corrected chi connectivity index (χ2v) is 6.23. The van der Waals surface area contributed by atoms with Crippen molar-refractivity contribution < 1.29 is 4.79 Å². The van der Waals surface area contributed by atoms with Gasteiger partial charge in [0.05, 0.1) is 0 Å². The Labute approximate surface area is 134 Å². The number of carbonyl (C=O) groups excluding carboxylic acids is 1. The van der Waals surface area contributed by atoms with Crippen LogP contribution in [0, 0.1) is 0 Å². The van der Waals surface area contributed by atoms with E-state index in [9.17, 15) is 4.79 Å². The molecule has 22 heavy (non-hydrogen) atoms. The lowest BCUT2D eigenvalue weighted by atomic mass is 10.1. The molecule has 0 aliphatic heterocycles. The molecule has 0 radical (unpaired) electrons. The lowest BCUT2D eigenvalue weighted by Crippen LogP contribution is -2.34. The Balaban J connectivity index is 1.86. The third kappa shape index (κ3) is 5.66. The zero-order valence-electron chi connectivity index (χ0n) is 13.7. The van der Waals surface area contributed by atoms with Crippen LogP contribution in [-0.2, 0) is 0 Å². The van der Waals surface area contributed by atoms with Crippen molar-refractivity contribution in [3.63, 3.8) is 0 Å². The van der Waals surface area contributed by atoms with Gasteiger partial charge in [0.15, 0.2) is 0 Å². The van der Waals surface area contributed by atoms with E-state index in [4.69, 9.17) is 0 Å². The van der Waals surface area contributed by atoms with E-state index in [0.717, 1.165) is 31.6 Å². The molecule has 122 valence electrons. The van der Waals surface area contributed by atoms with Crippen LogP contribution >= 0.6 is 0 Å². The highest BCUT2D eigenvalue weighted by Gasteiger charge is 2.16. The molecule has 0 saturated heterocycles. The number of carbonyl (C=O) groups is 1. The molecule has 1 amide bonds. The monoisotopic (exact) mass is 303 g/mol. The molecule has 1 aromatic heterocycles. The number of amides is 1. The summed E-state index contributed by atoms with van der Waals surface area (Å²) in [6.07, 6.45) is 12.5. The van der Waals surface area contributed by atoms with E-state index in [1.165, 1.54) is 38.5 Å². The largest absolute Gasteiger partial charge is 0.370 e. The molecular weight excluding hydrogens is 274 g/mol. The Morgan fingerprint density at radius 1 is 1.23 bits per heavy atom. The molecule has 0 aromatic carbocycles. The third-order valence-corrected chi connectivity index (χ3v) is 4.30. The van der Waals surface area contributed by atoms with Crippen LogP contribution in [0.2, 0.25) is 0 Å². The van der Waals surface area contributed by atoms with Gasteiger partial charge in [-0.2, -0.15) is 0 Å². The average Bonchev–Trinajstić information content (AvgIpc) is 2.80. The van der Waals surface area contributed by atoms with Crippen molar-refractivity contribution >= 4 is 11.7 Å². The summed E-state index contributed by atoms with van der Waals surface area (Å²) in [5, 5.41) is 6.48. The molecule has 1 aliphatic rings. The number of pyridine rings is 1. The van der Waals surface area contributed by atoms with Gasteiger partial charge in [0.1, 0.15) is 5.82 Å². The van der Waals surface area contributed by atoms with E-state index >= 15 is 0 Å². The van der Waals surface area contributed by atoms with E-state index in [2.05, 4.69) is 22.5 Å². The maximum atomic E-state index is 12.4. The van der Waals surface area contributed by atoms with Crippen molar-refractivity contribution in [3.8, 4) is 0 Å². The summed E-state index contributed by atoms with van der Waals surface area (Å²) < 4.78 is 0. The molecule has 1 aromatic rings. The SMILES string of the molecule is CCCCCNc1cc(C(=O)NC2CCCCCC2)ccn1. The highest BCUT2D eigenvalue weighted by Crippen LogP contribution is 2.18. The fourth-order valence-corrected chi connectivity index (χ4v) is 2.95. The first-order valence-electron chi connectivity index (χ1n) is 8.80. The summed E-state index contributed by atoms with van der Waals surface area (Å²) in [7, 11) is 0. The number of hydrogen-bond acceptors (Lipinski definition) is 3. The Bertz CT molecular complexity index is 453. The van der Waals surface area contributed by atoms with Crippen molar-refractivity contribution in [1.29, 1.82) is 0 Å². The summed E-state index contributed by atoms with van der Waals surface area (Å²) in [6.45, 7) is 3.10. The molecule has 0 bridgehead atoms. The van der Waals surface area contributed by atoms with Crippen molar-refractivity contribution in [2.24, 2.45) is 0 Å². The van der Waals surface area contributed by atoms with E-state index in [-0.39, 0.29) is 5.91 Å². The predicted molar refractivity (Wildman–Crippen MR) is 91.2 cm³/mol. The summed E-state index contributed by atoms with van der Waals surface area (Å²) in [6, 6.07) is 3.99. The van der Waals surface area contributed by atoms with Crippen LogP contribution in [-0.4, -0.2) is 23.5 Å². The molecule has 1 heterocycles. The van der Waals surface area contributed by atoms with Gasteiger partial charge in [-0.1, -0.05) is 45.4 Å². The number of anilines is 1. The maximum Gasteiger partial charge on any atom is 0.251 e. The Kier molecular flexibility index (Phi) is 7.20. The van der Waals surface area contributed by atoms with Crippen molar-refractivity contribution in [2.75, 3.05) is 11.9 Å². The Morgan fingerprint density at radius 3 is 2.73 bits per heavy atom. The van der Waals surface area contributed by atoms with Crippen molar-refractivity contribution in [1.82, 2.24) is 10.3 Å². The first kappa shape index (κ1) is 16.8. The molecule has 1 fully saturated rings. The minimum Gasteiger partial charge on any atom is -0.370 e. The van der Waals surface area contributed by atoms with Crippen LogP contribution in [0.4, 0.5) is 5.82 Å². The molecular formula is C18H29N3O. The summed E-state index contributed by atoms with van der Waals surface area (Å²) in [5.41, 5.74) is 0.706. The van der Waals surface area contributed by atoms with E-state index < -0.39 is 0 Å². The highest BCUT2D eigenvalue weighted by molar-refractivity contribution is 5.94. The zero-order valence-corrected chi connectivity index (χ0v) is 13.7. The molecule has 0 spiro atoms. The van der Waals surface area contributed by atoms with Crippen molar-refractivity contribution in [2.45, 2.75) is 70.8 Å². The fraction of sp³-hybridized carbons (Fsp3) is 0.667. The van der Waals surface area contributed by atoms with Gasteiger partial charge in [-0.25, -0.2) is 4.98 Å². The van der Waals surface area contributed by atoms with Crippen molar-refractivity contribution in [3.05, 3.63) is 23.9 Å². The Hall–Kier alpha value is -1.58. The summed E-state index contributed by atoms with van der Waals surface area (Å²) >= 11 is 0. The molecule has 4 nitrogen and oxygen atoms in total. The van der Waals surface area contributed by atoms with Gasteiger partial charge in [0.2, 0.25) is 0 Å². The summed E-state index contributed by atoms with van der Waals surface area (Å²) in [5.74, 6) is 0.829. The first-order chi connectivity index (χ1) is 10.8. The van der Waals surface area contributed by atoms with Gasteiger partial charge in [-0.15, -0.1) is 0 Å². The van der Waals surface area contributed by atoms with Crippen LogP contribution in [0.3, 0.4) is 0 Å². The topological polar surface area (TPSA) is 54.0 Å². The fourth-order valence-electron chi connectivity index (χ4n) is 2.95. The van der Waals surface area contributed by atoms with Gasteiger partial charge in [0.25, 0.3) is 5.91 Å². The average molecular weight is 303 g/mol. The summed E-state index contributed by atoms with van der Waals surface area (Å²) in [4.78, 5) is 16.7. The van der Waals surface area contributed by atoms with Crippen LogP contribution in [0.25, 0.3) is 0 Å². The van der Waals surface area contributed by atoms with Gasteiger partial charge < -0.3 is 10.6 Å². The zero-order chi connectivity index (χ0) is 15.6. The van der Waals surface area contributed by atoms with Gasteiger partial charge >= 0.3 is 0 Å². The predicted octanol–water partition coefficient (Wildman–Crippen LogP) is 4.14. The number of rotatable bonds is 7. The number of unbranched alkanes of at least 4 members (excludes halogenated alkanes) is 2. The molecule has 1 saturated carbocycles. The smallest absolute Gasteiger partial charge is 0.251 e. The Morgan fingerprint density at radius 2 is 2.00 bits per heavy atom. The molecule has 4 heteroatoms. The number of nitrogens with zero attached hydrogens (tertiary/aromatic N) is 1. The van der Waals surface area contributed by atoms with Gasteiger partial charge in [-0.3, -0.25) is 4.79 Å². The van der Waals surface area contributed by atoms with Crippen LogP contribution in [0.15, 0.2) is 18.3 Å². The van der Waals surface area contributed by atoms with Gasteiger partial charge in [-0.05, 0) is 31.4 Å². The van der Waals surface area contributed by atoms with E-state index in [0.29, 0.717) is 11.6 Å². The normalized spacial score (nSPS) is 16.0. The molecule has 2 N–H and O–H groups in total. The third-order valence-electron chi connectivity index (χ3n) is 4.30. The first-order valence-corrected chi connectivity index (χ1v) is 8.80. The second-order valence-electron chi connectivity index (χ2n) is 6.23. The van der Waals surface area contributed by atoms with Crippen LogP contribution in [0.1, 0.15) is 75.1 Å². The minimum atomic E-state index is 0.0332. The minimum absolute atomic E-state index is 0.0332. The van der Waals surface area contributed by atoms with Crippen LogP contribution in [0.5, 0.6) is 0 Å². The maximum absolute atomic E-state index is 12.4. The highest BCUT2D eigenvalue weighted by atomic mass is 16.1. The number of nitrogens with one attached hydrogen (secondary N) is 2. The number of aromatic nitrogens is 1. The second kappa shape index (κ2) is 9.44. The molecule has 1 aliphatic carbocycles. The van der Waals surface area contributed by atoms with Gasteiger partial charge in [0, 0.05) is 24.3 Å². The molecule has 0 unspecified atom stereocenters. The van der Waals surface area contributed by atoms with E-state index in [1.807, 2.05) is 6.07 Å². The molecule has 0 atom stereocenters. The molecule has 2 rings (SSSR count). The number of hydrogen-bond donors (Lipinski definition) is 2.